The normalized spacial score (nSPS) is 12.7. The lowest BCUT2D eigenvalue weighted by Gasteiger charge is -2.10. The highest BCUT2D eigenvalue weighted by Crippen LogP contribution is 2.23. The number of nitrogens with two attached hydrogens (primary N) is 1. The van der Waals surface area contributed by atoms with Crippen LogP contribution >= 0.6 is 0 Å². The summed E-state index contributed by atoms with van der Waals surface area (Å²) in [7, 11) is 0. The van der Waals surface area contributed by atoms with Crippen molar-refractivity contribution in [1.82, 2.24) is 19.9 Å². The number of rotatable bonds is 2. The molecule has 0 bridgehead atoms. The van der Waals surface area contributed by atoms with Crippen LogP contribution in [0, 0.1) is 0 Å². The van der Waals surface area contributed by atoms with Gasteiger partial charge in [0.1, 0.15) is 11.3 Å². The molecule has 0 amide bonds. The Kier molecular flexibility index (Phi) is 2.44. The monoisotopic (exact) mass is 239 g/mol. The molecule has 1 atom stereocenters. The Balaban J connectivity index is 2.09. The number of anilines is 1. The second-order valence-corrected chi connectivity index (χ2v) is 4.20. The van der Waals surface area contributed by atoms with Gasteiger partial charge in [-0.2, -0.15) is 0 Å². The zero-order chi connectivity index (χ0) is 12.5. The fourth-order valence-corrected chi connectivity index (χ4v) is 1.96. The molecule has 0 aliphatic carbocycles. The van der Waals surface area contributed by atoms with Crippen LogP contribution in [0.4, 0.5) is 5.82 Å². The van der Waals surface area contributed by atoms with Crippen LogP contribution in [0.2, 0.25) is 0 Å². The highest BCUT2D eigenvalue weighted by atomic mass is 15.0. The van der Waals surface area contributed by atoms with E-state index in [9.17, 15) is 0 Å². The van der Waals surface area contributed by atoms with E-state index >= 15 is 0 Å². The molecule has 5 heteroatoms. The molecule has 2 heterocycles. The smallest absolute Gasteiger partial charge is 0.163 e. The number of hydrogen-bond donors (Lipinski definition) is 2. The van der Waals surface area contributed by atoms with E-state index in [-0.39, 0.29) is 5.92 Å². The fourth-order valence-electron chi connectivity index (χ4n) is 1.96. The first-order valence-electron chi connectivity index (χ1n) is 5.77. The third kappa shape index (κ3) is 1.69. The molecule has 90 valence electrons. The molecular formula is C13H13N5. The first kappa shape index (κ1) is 10.7. The highest BCUT2D eigenvalue weighted by molar-refractivity contribution is 5.80. The number of hydrogen-bond acceptors (Lipinski definition) is 4. The van der Waals surface area contributed by atoms with Crippen molar-refractivity contribution in [2.75, 3.05) is 5.73 Å². The Labute approximate surface area is 104 Å². The summed E-state index contributed by atoms with van der Waals surface area (Å²) in [5.41, 5.74) is 8.35. The minimum Gasteiger partial charge on any atom is -0.382 e. The van der Waals surface area contributed by atoms with Gasteiger partial charge >= 0.3 is 0 Å². The third-order valence-electron chi connectivity index (χ3n) is 3.01. The van der Waals surface area contributed by atoms with Crippen molar-refractivity contribution >= 4 is 17.0 Å². The molecule has 0 aliphatic heterocycles. The first-order valence-corrected chi connectivity index (χ1v) is 5.77. The largest absolute Gasteiger partial charge is 0.382 e. The maximum atomic E-state index is 5.88. The molecule has 3 N–H and O–H groups in total. The van der Waals surface area contributed by atoms with Crippen LogP contribution in [0.3, 0.4) is 0 Å². The molecule has 2 aromatic heterocycles. The summed E-state index contributed by atoms with van der Waals surface area (Å²) in [6.07, 6.45) is 1.58. The Morgan fingerprint density at radius 3 is 2.72 bits per heavy atom. The lowest BCUT2D eigenvalue weighted by Crippen LogP contribution is -2.05. The van der Waals surface area contributed by atoms with E-state index in [0.717, 1.165) is 5.56 Å². The number of nitrogen functional groups attached to an aromatic ring is 1. The Bertz CT molecular complexity index is 674. The van der Waals surface area contributed by atoms with Crippen LogP contribution < -0.4 is 5.73 Å². The van der Waals surface area contributed by atoms with Crippen molar-refractivity contribution in [3.8, 4) is 0 Å². The zero-order valence-electron chi connectivity index (χ0n) is 9.96. The molecule has 0 saturated heterocycles. The maximum absolute atomic E-state index is 5.88. The Hall–Kier alpha value is -2.43. The summed E-state index contributed by atoms with van der Waals surface area (Å²) >= 11 is 0. The molecule has 0 radical (unpaired) electrons. The van der Waals surface area contributed by atoms with Crippen LogP contribution in [0.1, 0.15) is 24.2 Å². The number of benzene rings is 1. The maximum Gasteiger partial charge on any atom is 0.163 e. The zero-order valence-corrected chi connectivity index (χ0v) is 9.96. The van der Waals surface area contributed by atoms with Crippen molar-refractivity contribution in [2.45, 2.75) is 12.8 Å². The van der Waals surface area contributed by atoms with E-state index in [1.165, 1.54) is 0 Å². The number of aromatic nitrogens is 4. The molecule has 5 nitrogen and oxygen atoms in total. The average molecular weight is 239 g/mol. The molecular weight excluding hydrogens is 226 g/mol. The van der Waals surface area contributed by atoms with Gasteiger partial charge in [0.05, 0.1) is 6.33 Å². The first-order chi connectivity index (χ1) is 8.75. The molecule has 0 saturated carbocycles. The molecule has 0 spiro atoms. The Morgan fingerprint density at radius 1 is 1.17 bits per heavy atom. The van der Waals surface area contributed by atoms with Gasteiger partial charge < -0.3 is 10.7 Å². The second-order valence-electron chi connectivity index (χ2n) is 4.20. The molecule has 0 unspecified atom stereocenters. The number of nitrogens with zero attached hydrogens (tertiary/aromatic N) is 3. The minimum absolute atomic E-state index is 0.0983. The summed E-state index contributed by atoms with van der Waals surface area (Å²) in [4.78, 5) is 15.8. The SMILES string of the molecule is C[C@@H](c1ccccc1)c1nc(N)c2nc[nH]c2n1. The molecule has 0 aliphatic rings. The summed E-state index contributed by atoms with van der Waals surface area (Å²) < 4.78 is 0. The number of H-pyrrole nitrogens is 1. The van der Waals surface area contributed by atoms with E-state index in [4.69, 9.17) is 5.73 Å². The van der Waals surface area contributed by atoms with E-state index in [2.05, 4.69) is 39.0 Å². The molecule has 3 rings (SSSR count). The summed E-state index contributed by atoms with van der Waals surface area (Å²) in [5, 5.41) is 0. The topological polar surface area (TPSA) is 80.5 Å². The van der Waals surface area contributed by atoms with Gasteiger partial charge in [0.15, 0.2) is 11.5 Å². The van der Waals surface area contributed by atoms with E-state index in [1.807, 2.05) is 18.2 Å². The number of fused-ring (bicyclic) bond motifs is 1. The third-order valence-corrected chi connectivity index (χ3v) is 3.01. The van der Waals surface area contributed by atoms with Crippen LogP contribution in [-0.2, 0) is 0 Å². The summed E-state index contributed by atoms with van der Waals surface area (Å²) in [5.74, 6) is 1.22. The number of nitrogens with one attached hydrogen (secondary N) is 1. The van der Waals surface area contributed by atoms with Crippen LogP contribution in [0.15, 0.2) is 36.7 Å². The van der Waals surface area contributed by atoms with Crippen molar-refractivity contribution in [2.24, 2.45) is 0 Å². The molecule has 0 fully saturated rings. The minimum atomic E-state index is 0.0983. The van der Waals surface area contributed by atoms with Crippen molar-refractivity contribution in [3.05, 3.63) is 48.0 Å². The van der Waals surface area contributed by atoms with Crippen LogP contribution in [-0.4, -0.2) is 19.9 Å². The van der Waals surface area contributed by atoms with Crippen LogP contribution in [0.25, 0.3) is 11.2 Å². The van der Waals surface area contributed by atoms with Gasteiger partial charge in [-0.1, -0.05) is 37.3 Å². The average Bonchev–Trinajstić information content (AvgIpc) is 2.88. The standard InChI is InChI=1S/C13H13N5/c1-8(9-5-3-2-4-6-9)12-17-11(14)10-13(18-12)16-7-15-10/h2-8H,1H3,(H3,14,15,16,17,18)/t8-/m0/s1. The number of aromatic amines is 1. The van der Waals surface area contributed by atoms with Crippen molar-refractivity contribution in [3.63, 3.8) is 0 Å². The lowest BCUT2D eigenvalue weighted by molar-refractivity contribution is 0.827. The Morgan fingerprint density at radius 2 is 1.94 bits per heavy atom. The van der Waals surface area contributed by atoms with Gasteiger partial charge in [-0.25, -0.2) is 15.0 Å². The summed E-state index contributed by atoms with van der Waals surface area (Å²) in [6, 6.07) is 10.1. The van der Waals surface area contributed by atoms with Crippen molar-refractivity contribution in [1.29, 1.82) is 0 Å². The quantitative estimate of drug-likeness (QED) is 0.717. The van der Waals surface area contributed by atoms with Gasteiger partial charge in [0.2, 0.25) is 0 Å². The van der Waals surface area contributed by atoms with Crippen molar-refractivity contribution < 1.29 is 0 Å². The predicted molar refractivity (Wildman–Crippen MR) is 70.1 cm³/mol. The van der Waals surface area contributed by atoms with Gasteiger partial charge in [-0.3, -0.25) is 0 Å². The van der Waals surface area contributed by atoms with E-state index in [1.54, 1.807) is 6.33 Å². The highest BCUT2D eigenvalue weighted by Gasteiger charge is 2.14. The van der Waals surface area contributed by atoms with Gasteiger partial charge in [-0.05, 0) is 5.56 Å². The fraction of sp³-hybridized carbons (Fsp3) is 0.154. The van der Waals surface area contributed by atoms with Crippen LogP contribution in [0.5, 0.6) is 0 Å². The van der Waals surface area contributed by atoms with E-state index in [0.29, 0.717) is 22.8 Å². The molecule has 3 aromatic rings. The van der Waals surface area contributed by atoms with Gasteiger partial charge in [0.25, 0.3) is 0 Å². The second kappa shape index (κ2) is 4.10. The number of imidazole rings is 1. The summed E-state index contributed by atoms with van der Waals surface area (Å²) in [6.45, 7) is 2.06. The molecule has 1 aromatic carbocycles. The molecule has 18 heavy (non-hydrogen) atoms. The lowest BCUT2D eigenvalue weighted by atomic mass is 10.0. The van der Waals surface area contributed by atoms with Gasteiger partial charge in [0, 0.05) is 5.92 Å². The van der Waals surface area contributed by atoms with E-state index < -0.39 is 0 Å². The van der Waals surface area contributed by atoms with Gasteiger partial charge in [-0.15, -0.1) is 0 Å². The predicted octanol–water partition coefficient (Wildman–Crippen LogP) is 2.09.